The van der Waals surface area contributed by atoms with Gasteiger partial charge in [-0.1, -0.05) is 6.07 Å². The lowest BCUT2D eigenvalue weighted by atomic mass is 10.1. The van der Waals surface area contributed by atoms with Crippen LogP contribution >= 0.6 is 0 Å². The van der Waals surface area contributed by atoms with Gasteiger partial charge in [0.1, 0.15) is 11.9 Å². The van der Waals surface area contributed by atoms with E-state index in [1.165, 1.54) is 17.5 Å². The van der Waals surface area contributed by atoms with E-state index < -0.39 is 10.0 Å². The Hall–Kier alpha value is -2.39. The molecule has 0 amide bonds. The first kappa shape index (κ1) is 19.4. The summed E-state index contributed by atoms with van der Waals surface area (Å²) >= 11 is 0. The number of hydrogen-bond acceptors (Lipinski definition) is 7. The molecule has 3 rings (SSSR count). The lowest BCUT2D eigenvalue weighted by molar-refractivity contribution is 0.125. The Bertz CT molecular complexity index is 888. The van der Waals surface area contributed by atoms with Gasteiger partial charge in [0.2, 0.25) is 10.0 Å². The molecule has 1 saturated heterocycles. The fourth-order valence-electron chi connectivity index (χ4n) is 3.00. The summed E-state index contributed by atoms with van der Waals surface area (Å²) in [6.45, 7) is 0.726. The first-order valence-electron chi connectivity index (χ1n) is 8.71. The zero-order valence-electron chi connectivity index (χ0n) is 15.7. The van der Waals surface area contributed by atoms with Crippen molar-refractivity contribution >= 4 is 15.8 Å². The number of ether oxygens (including phenoxy) is 2. The molecule has 1 aromatic carbocycles. The van der Waals surface area contributed by atoms with Gasteiger partial charge in [-0.3, -0.25) is 0 Å². The monoisotopic (exact) mass is 392 g/mol. The van der Waals surface area contributed by atoms with E-state index in [4.69, 9.17) is 9.47 Å². The maximum atomic E-state index is 13.0. The van der Waals surface area contributed by atoms with Crippen LogP contribution in [0.5, 0.6) is 11.6 Å². The normalized spacial score (nSPS) is 18.1. The van der Waals surface area contributed by atoms with E-state index in [2.05, 4.69) is 9.97 Å². The van der Waals surface area contributed by atoms with E-state index >= 15 is 0 Å². The molecule has 9 heteroatoms. The minimum Gasteiger partial charge on any atom is -0.497 e. The van der Waals surface area contributed by atoms with Crippen molar-refractivity contribution < 1.29 is 17.9 Å². The summed E-state index contributed by atoms with van der Waals surface area (Å²) in [7, 11) is 1.61. The Kier molecular flexibility index (Phi) is 5.81. The SMILES string of the molecule is COc1cccc(S(=O)(=O)N2CCCC(Oc3nccnc3N(C)C)C2)c1. The van der Waals surface area contributed by atoms with Crippen LogP contribution in [0.25, 0.3) is 0 Å². The van der Waals surface area contributed by atoms with Crippen LogP contribution in [0, 0.1) is 0 Å². The second-order valence-corrected chi connectivity index (χ2v) is 8.44. The largest absolute Gasteiger partial charge is 0.497 e. The molecular formula is C18H24N4O4S. The van der Waals surface area contributed by atoms with Crippen LogP contribution in [-0.4, -0.2) is 63.1 Å². The Morgan fingerprint density at radius 2 is 2.00 bits per heavy atom. The van der Waals surface area contributed by atoms with Gasteiger partial charge in [-0.15, -0.1) is 0 Å². The number of anilines is 1. The van der Waals surface area contributed by atoms with Gasteiger partial charge in [0.05, 0.1) is 18.6 Å². The summed E-state index contributed by atoms with van der Waals surface area (Å²) < 4.78 is 38.6. The molecule has 27 heavy (non-hydrogen) atoms. The fourth-order valence-corrected chi connectivity index (χ4v) is 4.54. The van der Waals surface area contributed by atoms with Crippen molar-refractivity contribution in [3.8, 4) is 11.6 Å². The fraction of sp³-hybridized carbons (Fsp3) is 0.444. The van der Waals surface area contributed by atoms with E-state index in [1.807, 2.05) is 19.0 Å². The van der Waals surface area contributed by atoms with Crippen molar-refractivity contribution in [3.63, 3.8) is 0 Å². The van der Waals surface area contributed by atoms with Gasteiger partial charge < -0.3 is 14.4 Å². The maximum Gasteiger partial charge on any atom is 0.257 e. The highest BCUT2D eigenvalue weighted by Gasteiger charge is 2.32. The Morgan fingerprint density at radius 3 is 2.74 bits per heavy atom. The second kappa shape index (κ2) is 8.10. The third-order valence-electron chi connectivity index (χ3n) is 4.37. The van der Waals surface area contributed by atoms with Crippen LogP contribution in [0.4, 0.5) is 5.82 Å². The minimum absolute atomic E-state index is 0.219. The van der Waals surface area contributed by atoms with E-state index in [1.54, 1.807) is 30.6 Å². The number of aromatic nitrogens is 2. The molecule has 1 aliphatic rings. The molecule has 1 unspecified atom stereocenters. The van der Waals surface area contributed by atoms with Gasteiger partial charge in [0.15, 0.2) is 5.82 Å². The first-order chi connectivity index (χ1) is 12.9. The van der Waals surface area contributed by atoms with Crippen LogP contribution in [0.2, 0.25) is 0 Å². The Balaban J connectivity index is 1.78. The summed E-state index contributed by atoms with van der Waals surface area (Å²) in [5.74, 6) is 1.54. The maximum absolute atomic E-state index is 13.0. The van der Waals surface area contributed by atoms with E-state index in [0.717, 1.165) is 6.42 Å². The van der Waals surface area contributed by atoms with Crippen molar-refractivity contribution in [1.29, 1.82) is 0 Å². The molecule has 1 atom stereocenters. The predicted octanol–water partition coefficient (Wildman–Crippen LogP) is 1.78. The van der Waals surface area contributed by atoms with E-state index in [9.17, 15) is 8.42 Å². The first-order valence-corrected chi connectivity index (χ1v) is 10.1. The zero-order chi connectivity index (χ0) is 19.4. The molecule has 146 valence electrons. The molecule has 0 N–H and O–H groups in total. The number of nitrogens with zero attached hydrogens (tertiary/aromatic N) is 4. The molecule has 1 fully saturated rings. The highest BCUT2D eigenvalue weighted by molar-refractivity contribution is 7.89. The minimum atomic E-state index is -3.62. The van der Waals surface area contributed by atoms with Gasteiger partial charge in [0.25, 0.3) is 5.88 Å². The van der Waals surface area contributed by atoms with Crippen molar-refractivity contribution in [3.05, 3.63) is 36.7 Å². The van der Waals surface area contributed by atoms with Crippen LogP contribution < -0.4 is 14.4 Å². The molecule has 2 aromatic rings. The van der Waals surface area contributed by atoms with E-state index in [-0.39, 0.29) is 17.5 Å². The molecule has 0 saturated carbocycles. The van der Waals surface area contributed by atoms with Crippen LogP contribution in [0.3, 0.4) is 0 Å². The smallest absolute Gasteiger partial charge is 0.257 e. The quantitative estimate of drug-likeness (QED) is 0.741. The molecule has 1 aromatic heterocycles. The molecule has 2 heterocycles. The molecular weight excluding hydrogens is 368 g/mol. The Morgan fingerprint density at radius 1 is 1.22 bits per heavy atom. The van der Waals surface area contributed by atoms with Gasteiger partial charge in [-0.25, -0.2) is 18.4 Å². The number of rotatable bonds is 6. The molecule has 8 nitrogen and oxygen atoms in total. The van der Waals surface area contributed by atoms with Gasteiger partial charge in [0, 0.05) is 39.1 Å². The topological polar surface area (TPSA) is 84.9 Å². The standard InChI is InChI=1S/C18H24N4O4S/c1-21(2)17-18(20-10-9-19-17)26-15-7-5-11-22(13-15)27(23,24)16-8-4-6-14(12-16)25-3/h4,6,8-10,12,15H,5,7,11,13H2,1-3H3. The average molecular weight is 392 g/mol. The number of hydrogen-bond donors (Lipinski definition) is 0. The van der Waals surface area contributed by atoms with Crippen LogP contribution in [-0.2, 0) is 10.0 Å². The average Bonchev–Trinajstić information content (AvgIpc) is 2.68. The molecule has 0 bridgehead atoms. The van der Waals surface area contributed by atoms with Gasteiger partial charge >= 0.3 is 0 Å². The third kappa shape index (κ3) is 4.30. The molecule has 1 aliphatic heterocycles. The van der Waals surface area contributed by atoms with Gasteiger partial charge in [-0.2, -0.15) is 4.31 Å². The molecule has 0 aliphatic carbocycles. The Labute approximate surface area is 159 Å². The van der Waals surface area contributed by atoms with Gasteiger partial charge in [-0.05, 0) is 25.0 Å². The third-order valence-corrected chi connectivity index (χ3v) is 6.23. The van der Waals surface area contributed by atoms with E-state index in [0.29, 0.717) is 30.4 Å². The summed E-state index contributed by atoms with van der Waals surface area (Å²) in [4.78, 5) is 10.6. The number of methoxy groups -OCH3 is 1. The van der Waals surface area contributed by atoms with Crippen molar-refractivity contribution in [1.82, 2.24) is 14.3 Å². The van der Waals surface area contributed by atoms with Crippen LogP contribution in [0.15, 0.2) is 41.6 Å². The molecule has 0 radical (unpaired) electrons. The highest BCUT2D eigenvalue weighted by Crippen LogP contribution is 2.27. The summed E-state index contributed by atoms with van der Waals surface area (Å²) in [5.41, 5.74) is 0. The number of sulfonamides is 1. The lowest BCUT2D eigenvalue weighted by Gasteiger charge is -2.32. The zero-order valence-corrected chi connectivity index (χ0v) is 16.5. The summed E-state index contributed by atoms with van der Waals surface area (Å²) in [6.07, 6.45) is 4.35. The second-order valence-electron chi connectivity index (χ2n) is 6.50. The number of piperidine rings is 1. The summed E-state index contributed by atoms with van der Waals surface area (Å²) in [6, 6.07) is 6.51. The lowest BCUT2D eigenvalue weighted by Crippen LogP contribution is -2.44. The van der Waals surface area contributed by atoms with Crippen molar-refractivity contribution in [2.45, 2.75) is 23.8 Å². The highest BCUT2D eigenvalue weighted by atomic mass is 32.2. The van der Waals surface area contributed by atoms with Crippen molar-refractivity contribution in [2.24, 2.45) is 0 Å². The van der Waals surface area contributed by atoms with Crippen LogP contribution in [0.1, 0.15) is 12.8 Å². The summed E-state index contributed by atoms with van der Waals surface area (Å²) in [5, 5.41) is 0. The molecule has 0 spiro atoms. The predicted molar refractivity (Wildman–Crippen MR) is 102 cm³/mol. The number of benzene rings is 1. The van der Waals surface area contributed by atoms with Crippen molar-refractivity contribution in [2.75, 3.05) is 39.2 Å².